The Morgan fingerprint density at radius 3 is 2.39 bits per heavy atom. The number of esters is 1. The van der Waals surface area contributed by atoms with Gasteiger partial charge in [-0.25, -0.2) is 4.79 Å². The fourth-order valence-corrected chi connectivity index (χ4v) is 6.49. The van der Waals surface area contributed by atoms with Gasteiger partial charge in [-0.3, -0.25) is 14.9 Å². The van der Waals surface area contributed by atoms with E-state index >= 15 is 0 Å². The number of nitrogens with one attached hydrogen (secondary N) is 2. The van der Waals surface area contributed by atoms with Crippen molar-refractivity contribution in [2.24, 2.45) is 17.3 Å². The number of carbonyl (C=O) groups is 3. The number of imide groups is 1. The molecule has 4 rings (SSSR count). The van der Waals surface area contributed by atoms with E-state index in [2.05, 4.69) is 26.6 Å². The zero-order chi connectivity index (χ0) is 16.7. The van der Waals surface area contributed by atoms with Crippen LogP contribution in [0.1, 0.15) is 45.4 Å². The zero-order valence-electron chi connectivity index (χ0n) is 13.3. The molecule has 0 radical (unpaired) electrons. The Morgan fingerprint density at radius 1 is 1.17 bits per heavy atom. The van der Waals surface area contributed by atoms with Gasteiger partial charge in [0.25, 0.3) is 5.91 Å². The summed E-state index contributed by atoms with van der Waals surface area (Å²) in [7, 11) is 0. The molecule has 4 saturated carbocycles. The summed E-state index contributed by atoms with van der Waals surface area (Å²) in [6.07, 6.45) is 6.01. The van der Waals surface area contributed by atoms with Crippen LogP contribution in [0.4, 0.5) is 4.79 Å². The van der Waals surface area contributed by atoms with Crippen LogP contribution in [0.15, 0.2) is 0 Å². The summed E-state index contributed by atoms with van der Waals surface area (Å²) < 4.78 is 5.33. The third-order valence-corrected chi connectivity index (χ3v) is 6.28. The molecule has 4 fully saturated rings. The van der Waals surface area contributed by atoms with Crippen molar-refractivity contribution in [1.29, 1.82) is 0 Å². The van der Waals surface area contributed by atoms with Gasteiger partial charge in [0.2, 0.25) is 0 Å². The summed E-state index contributed by atoms with van der Waals surface area (Å²) in [5.74, 6) is 0.281. The SMILES string of the molecule is CCNC(=O)NC(=O)COC(=O)C12C[C@@H]3C[C@H](CC(Br)(C3)C1)C2. The number of amides is 3. The van der Waals surface area contributed by atoms with E-state index in [0.29, 0.717) is 18.4 Å². The monoisotopic (exact) mass is 386 g/mol. The van der Waals surface area contributed by atoms with Crippen molar-refractivity contribution in [2.45, 2.75) is 49.8 Å². The highest BCUT2D eigenvalue weighted by molar-refractivity contribution is 9.10. The molecule has 3 amide bonds. The number of carbonyl (C=O) groups excluding carboxylic acids is 3. The summed E-state index contributed by atoms with van der Waals surface area (Å²) in [5.41, 5.74) is -0.445. The Bertz CT molecular complexity index is 522. The molecule has 0 heterocycles. The van der Waals surface area contributed by atoms with Gasteiger partial charge in [0.1, 0.15) is 0 Å². The van der Waals surface area contributed by atoms with Gasteiger partial charge >= 0.3 is 12.0 Å². The first kappa shape index (κ1) is 16.7. The fraction of sp³-hybridized carbons (Fsp3) is 0.812. The summed E-state index contributed by atoms with van der Waals surface area (Å²) in [6.45, 7) is 1.79. The lowest BCUT2D eigenvalue weighted by atomic mass is 9.49. The minimum Gasteiger partial charge on any atom is -0.455 e. The largest absolute Gasteiger partial charge is 0.455 e. The predicted molar refractivity (Wildman–Crippen MR) is 86.9 cm³/mol. The molecule has 6 nitrogen and oxygen atoms in total. The van der Waals surface area contributed by atoms with Crippen LogP contribution in [0.3, 0.4) is 0 Å². The highest BCUT2D eigenvalue weighted by Gasteiger charge is 2.60. The van der Waals surface area contributed by atoms with E-state index < -0.39 is 24.0 Å². The molecule has 7 heteroatoms. The molecule has 0 unspecified atom stereocenters. The number of rotatable bonds is 4. The van der Waals surface area contributed by atoms with Gasteiger partial charge < -0.3 is 10.1 Å². The fourth-order valence-electron chi connectivity index (χ4n) is 5.04. The second-order valence-corrected chi connectivity index (χ2v) is 9.06. The van der Waals surface area contributed by atoms with Gasteiger partial charge in [0.15, 0.2) is 6.61 Å². The zero-order valence-corrected chi connectivity index (χ0v) is 14.9. The summed E-state index contributed by atoms with van der Waals surface area (Å²) in [5, 5.41) is 4.60. The number of urea groups is 1. The Labute approximate surface area is 144 Å². The van der Waals surface area contributed by atoms with Crippen LogP contribution in [0.5, 0.6) is 0 Å². The Kier molecular flexibility index (Phi) is 4.42. The van der Waals surface area contributed by atoms with Gasteiger partial charge in [0.05, 0.1) is 5.41 Å². The smallest absolute Gasteiger partial charge is 0.321 e. The van der Waals surface area contributed by atoms with E-state index in [0.717, 1.165) is 32.1 Å². The van der Waals surface area contributed by atoms with Gasteiger partial charge in [-0.2, -0.15) is 0 Å². The molecule has 4 bridgehead atoms. The molecule has 23 heavy (non-hydrogen) atoms. The van der Waals surface area contributed by atoms with E-state index in [1.54, 1.807) is 6.92 Å². The molecule has 2 atom stereocenters. The summed E-state index contributed by atoms with van der Waals surface area (Å²) in [4.78, 5) is 35.6. The first-order valence-electron chi connectivity index (χ1n) is 8.28. The average Bonchev–Trinajstić information content (AvgIpc) is 2.42. The minimum atomic E-state index is -0.595. The van der Waals surface area contributed by atoms with Crippen molar-refractivity contribution in [3.8, 4) is 0 Å². The molecular formula is C16H23BrN2O4. The summed E-state index contributed by atoms with van der Waals surface area (Å²) in [6, 6.07) is -0.567. The normalized spacial score (nSPS) is 37.3. The van der Waals surface area contributed by atoms with E-state index in [-0.39, 0.29) is 10.3 Å². The molecule has 0 aromatic rings. The van der Waals surface area contributed by atoms with E-state index in [1.807, 2.05) is 0 Å². The van der Waals surface area contributed by atoms with Crippen LogP contribution in [0.2, 0.25) is 0 Å². The average molecular weight is 387 g/mol. The van der Waals surface area contributed by atoms with Crippen LogP contribution in [-0.2, 0) is 14.3 Å². The van der Waals surface area contributed by atoms with Crippen LogP contribution in [0, 0.1) is 17.3 Å². The lowest BCUT2D eigenvalue weighted by Gasteiger charge is -2.58. The van der Waals surface area contributed by atoms with Crippen molar-refractivity contribution in [3.05, 3.63) is 0 Å². The van der Waals surface area contributed by atoms with Gasteiger partial charge in [0, 0.05) is 10.9 Å². The lowest BCUT2D eigenvalue weighted by Crippen LogP contribution is -2.56. The number of hydrogen-bond donors (Lipinski definition) is 2. The molecule has 0 aromatic heterocycles. The highest BCUT2D eigenvalue weighted by Crippen LogP contribution is 2.64. The number of alkyl halides is 1. The highest BCUT2D eigenvalue weighted by atomic mass is 79.9. The van der Waals surface area contributed by atoms with E-state index in [9.17, 15) is 14.4 Å². The third-order valence-electron chi connectivity index (χ3n) is 5.35. The van der Waals surface area contributed by atoms with Crippen molar-refractivity contribution >= 4 is 33.8 Å². The van der Waals surface area contributed by atoms with Crippen molar-refractivity contribution in [3.63, 3.8) is 0 Å². The number of ether oxygens (including phenoxy) is 1. The molecule has 128 valence electrons. The molecule has 0 aromatic carbocycles. The number of hydrogen-bond acceptors (Lipinski definition) is 4. The quantitative estimate of drug-likeness (QED) is 0.572. The maximum Gasteiger partial charge on any atom is 0.321 e. The molecule has 2 N–H and O–H groups in total. The van der Waals surface area contributed by atoms with Crippen LogP contribution < -0.4 is 10.6 Å². The second-order valence-electron chi connectivity index (χ2n) is 7.38. The molecule has 0 aliphatic heterocycles. The van der Waals surface area contributed by atoms with Crippen molar-refractivity contribution in [1.82, 2.24) is 10.6 Å². The Morgan fingerprint density at radius 2 is 1.83 bits per heavy atom. The maximum atomic E-state index is 12.6. The third kappa shape index (κ3) is 3.39. The topological polar surface area (TPSA) is 84.5 Å². The standard InChI is InChI=1S/C16H23BrN2O4/c1-2-18-14(22)19-12(20)8-23-13(21)15-4-10-3-11(5-15)7-16(17,6-10)9-15/h10-11H,2-9H2,1H3,(H2,18,19,20,22)/t10-,11-,15?,16?/m0/s1. The van der Waals surface area contributed by atoms with Gasteiger partial charge in [-0.1, -0.05) is 15.9 Å². The second kappa shape index (κ2) is 6.07. The Balaban J connectivity index is 1.56. The Hall–Kier alpha value is -1.11. The molecule has 4 aliphatic rings. The number of halogens is 1. The first-order chi connectivity index (χ1) is 10.8. The van der Waals surface area contributed by atoms with Crippen molar-refractivity contribution in [2.75, 3.05) is 13.2 Å². The minimum absolute atomic E-state index is 0.0688. The predicted octanol–water partition coefficient (Wildman–Crippen LogP) is 2.11. The molecular weight excluding hydrogens is 364 g/mol. The summed E-state index contributed by atoms with van der Waals surface area (Å²) >= 11 is 3.85. The lowest BCUT2D eigenvalue weighted by molar-refractivity contribution is -0.171. The van der Waals surface area contributed by atoms with Crippen LogP contribution in [0.25, 0.3) is 0 Å². The molecule has 0 saturated heterocycles. The molecule has 0 spiro atoms. The van der Waals surface area contributed by atoms with E-state index in [4.69, 9.17) is 4.74 Å². The van der Waals surface area contributed by atoms with Gasteiger partial charge in [-0.05, 0) is 57.3 Å². The van der Waals surface area contributed by atoms with E-state index in [1.165, 1.54) is 6.42 Å². The van der Waals surface area contributed by atoms with Gasteiger partial charge in [-0.15, -0.1) is 0 Å². The van der Waals surface area contributed by atoms with Crippen LogP contribution >= 0.6 is 15.9 Å². The van der Waals surface area contributed by atoms with Crippen LogP contribution in [-0.4, -0.2) is 35.4 Å². The maximum absolute atomic E-state index is 12.6. The molecule has 4 aliphatic carbocycles. The van der Waals surface area contributed by atoms with Crippen molar-refractivity contribution < 1.29 is 19.1 Å². The first-order valence-corrected chi connectivity index (χ1v) is 9.07.